The number of anilines is 1. The number of benzene rings is 1. The van der Waals surface area contributed by atoms with E-state index in [0.29, 0.717) is 11.6 Å². The monoisotopic (exact) mass is 228 g/mol. The summed E-state index contributed by atoms with van der Waals surface area (Å²) in [6.45, 7) is 4.11. The molecule has 2 aromatic heterocycles. The van der Waals surface area contributed by atoms with E-state index in [2.05, 4.69) is 51.6 Å². The number of hydrogen-bond acceptors (Lipinski definition) is 5. The highest BCUT2D eigenvalue weighted by molar-refractivity contribution is 6.04. The van der Waals surface area contributed by atoms with Crippen molar-refractivity contribution in [1.82, 2.24) is 20.2 Å². The average Bonchev–Trinajstić information content (AvgIpc) is 2.67. The van der Waals surface area contributed by atoms with E-state index in [-0.39, 0.29) is 0 Å². The number of nitrogens with two attached hydrogens (primary N) is 1. The Morgan fingerprint density at radius 2 is 2.06 bits per heavy atom. The summed E-state index contributed by atoms with van der Waals surface area (Å²) in [6, 6.07) is 4.19. The van der Waals surface area contributed by atoms with Crippen LogP contribution in [0.3, 0.4) is 0 Å². The maximum atomic E-state index is 5.26. The maximum Gasteiger partial charge on any atom is 0.258 e. The molecule has 2 heterocycles. The molecule has 3 rings (SSSR count). The molecule has 0 atom stereocenters. The van der Waals surface area contributed by atoms with Crippen LogP contribution in [0.4, 0.5) is 5.95 Å². The minimum absolute atomic E-state index is 0.304. The predicted molar refractivity (Wildman–Crippen MR) is 66.5 cm³/mol. The van der Waals surface area contributed by atoms with E-state index >= 15 is 0 Å². The summed E-state index contributed by atoms with van der Waals surface area (Å²) in [4.78, 5) is 7.48. The number of nitrogens with zero attached hydrogens (tertiary/aromatic N) is 3. The Hall–Kier alpha value is -2.21. The largest absolute Gasteiger partial charge is 0.337 e. The smallest absolute Gasteiger partial charge is 0.258 e. The van der Waals surface area contributed by atoms with Crippen molar-refractivity contribution in [3.63, 3.8) is 0 Å². The molecule has 0 radical (unpaired) electrons. The topological polar surface area (TPSA) is 92.5 Å². The number of rotatable bonds is 1. The van der Waals surface area contributed by atoms with Crippen molar-refractivity contribution >= 4 is 28.0 Å². The van der Waals surface area contributed by atoms with E-state index in [1.54, 1.807) is 0 Å². The average molecular weight is 228 g/mol. The molecule has 17 heavy (non-hydrogen) atoms. The van der Waals surface area contributed by atoms with Gasteiger partial charge in [0.2, 0.25) is 0 Å². The van der Waals surface area contributed by atoms with Gasteiger partial charge in [-0.2, -0.15) is 4.98 Å². The molecule has 0 aliphatic heterocycles. The molecule has 0 aliphatic rings. The summed E-state index contributed by atoms with van der Waals surface area (Å²) in [7, 11) is 0. The van der Waals surface area contributed by atoms with Gasteiger partial charge in [0, 0.05) is 5.39 Å². The number of nitrogen functional groups attached to an aromatic ring is 1. The molecule has 0 saturated heterocycles. The van der Waals surface area contributed by atoms with Gasteiger partial charge in [-0.05, 0) is 25.5 Å². The van der Waals surface area contributed by atoms with Gasteiger partial charge in [-0.25, -0.2) is 5.84 Å². The molecule has 0 fully saturated rings. The first-order valence-corrected chi connectivity index (χ1v) is 5.29. The van der Waals surface area contributed by atoms with Gasteiger partial charge in [-0.1, -0.05) is 11.6 Å². The molecular weight excluding hydrogens is 216 g/mol. The Kier molecular flexibility index (Phi) is 1.99. The third-order valence-corrected chi connectivity index (χ3v) is 2.79. The van der Waals surface area contributed by atoms with Gasteiger partial charge in [0.15, 0.2) is 5.65 Å². The highest BCUT2D eigenvalue weighted by Crippen LogP contribution is 2.26. The van der Waals surface area contributed by atoms with Crippen LogP contribution in [0, 0.1) is 13.8 Å². The van der Waals surface area contributed by atoms with Crippen LogP contribution >= 0.6 is 0 Å². The molecule has 0 spiro atoms. The first-order chi connectivity index (χ1) is 8.19. The van der Waals surface area contributed by atoms with Gasteiger partial charge >= 0.3 is 0 Å². The Morgan fingerprint density at radius 1 is 1.24 bits per heavy atom. The number of aromatic nitrogens is 4. The van der Waals surface area contributed by atoms with Gasteiger partial charge in [0.05, 0.1) is 5.52 Å². The Balaban J connectivity index is 2.45. The first kappa shape index (κ1) is 9.98. The maximum absolute atomic E-state index is 5.26. The third-order valence-electron chi connectivity index (χ3n) is 2.79. The SMILES string of the molecule is Cc1cc(C)c2[nH]c3nc(NN)nnc3c2c1. The molecule has 6 nitrogen and oxygen atoms in total. The van der Waals surface area contributed by atoms with Crippen molar-refractivity contribution in [3.05, 3.63) is 23.3 Å². The highest BCUT2D eigenvalue weighted by atomic mass is 15.3. The quantitative estimate of drug-likeness (QED) is 0.432. The van der Waals surface area contributed by atoms with Crippen molar-refractivity contribution in [1.29, 1.82) is 0 Å². The summed E-state index contributed by atoms with van der Waals surface area (Å²) >= 11 is 0. The fourth-order valence-electron chi connectivity index (χ4n) is 2.09. The van der Waals surface area contributed by atoms with Crippen molar-refractivity contribution in [3.8, 4) is 0 Å². The fraction of sp³-hybridized carbons (Fsp3) is 0.182. The zero-order valence-corrected chi connectivity index (χ0v) is 9.57. The summed E-state index contributed by atoms with van der Waals surface area (Å²) in [5, 5.41) is 9.07. The number of hydrazine groups is 1. The molecule has 0 aliphatic carbocycles. The fourth-order valence-corrected chi connectivity index (χ4v) is 2.09. The second-order valence-corrected chi connectivity index (χ2v) is 4.11. The van der Waals surface area contributed by atoms with Gasteiger partial charge in [0.25, 0.3) is 5.95 Å². The van der Waals surface area contributed by atoms with E-state index in [9.17, 15) is 0 Å². The zero-order valence-electron chi connectivity index (χ0n) is 9.57. The van der Waals surface area contributed by atoms with Crippen molar-refractivity contribution < 1.29 is 0 Å². The lowest BCUT2D eigenvalue weighted by Crippen LogP contribution is -2.11. The number of aromatic amines is 1. The van der Waals surface area contributed by atoms with Crippen LogP contribution in [-0.2, 0) is 0 Å². The first-order valence-electron chi connectivity index (χ1n) is 5.29. The molecule has 0 saturated carbocycles. The minimum atomic E-state index is 0.304. The van der Waals surface area contributed by atoms with Gasteiger partial charge in [-0.15, -0.1) is 10.2 Å². The summed E-state index contributed by atoms with van der Waals surface area (Å²) in [5.74, 6) is 5.56. The third kappa shape index (κ3) is 1.42. The van der Waals surface area contributed by atoms with E-state index in [1.165, 1.54) is 11.1 Å². The number of fused-ring (bicyclic) bond motifs is 3. The molecule has 86 valence electrons. The molecule has 3 aromatic rings. The van der Waals surface area contributed by atoms with Gasteiger partial charge in [-0.3, -0.25) is 5.43 Å². The number of hydrogen-bond donors (Lipinski definition) is 3. The van der Waals surface area contributed by atoms with Crippen LogP contribution in [0.1, 0.15) is 11.1 Å². The second kappa shape index (κ2) is 3.39. The Labute approximate surface area is 97.2 Å². The zero-order chi connectivity index (χ0) is 12.0. The van der Waals surface area contributed by atoms with Crippen LogP contribution in [0.5, 0.6) is 0 Å². The number of nitrogens with one attached hydrogen (secondary N) is 2. The Morgan fingerprint density at radius 3 is 2.82 bits per heavy atom. The van der Waals surface area contributed by atoms with Crippen LogP contribution in [0.2, 0.25) is 0 Å². The highest BCUT2D eigenvalue weighted by Gasteiger charge is 2.10. The number of aryl methyl sites for hydroxylation is 2. The van der Waals surface area contributed by atoms with E-state index in [0.717, 1.165) is 16.4 Å². The van der Waals surface area contributed by atoms with Crippen molar-refractivity contribution in [2.75, 3.05) is 5.43 Å². The van der Waals surface area contributed by atoms with Crippen LogP contribution < -0.4 is 11.3 Å². The lowest BCUT2D eigenvalue weighted by atomic mass is 10.1. The molecule has 4 N–H and O–H groups in total. The van der Waals surface area contributed by atoms with Gasteiger partial charge in [0.1, 0.15) is 5.52 Å². The lowest BCUT2D eigenvalue weighted by Gasteiger charge is -1.98. The standard InChI is InChI=1S/C11H12N6/c1-5-3-6(2)8-7(4-5)9-10(13-8)14-11(15-12)17-16-9/h3-4H,12H2,1-2H3,(H2,13,14,15,17). The molecule has 0 amide bonds. The van der Waals surface area contributed by atoms with Crippen molar-refractivity contribution in [2.24, 2.45) is 5.84 Å². The normalized spacial score (nSPS) is 11.2. The lowest BCUT2D eigenvalue weighted by molar-refractivity contribution is 1.01. The molecule has 1 aromatic carbocycles. The summed E-state index contributed by atoms with van der Waals surface area (Å²) in [5.41, 5.74) is 7.25. The van der Waals surface area contributed by atoms with E-state index in [4.69, 9.17) is 5.84 Å². The van der Waals surface area contributed by atoms with E-state index < -0.39 is 0 Å². The molecular formula is C11H12N6. The van der Waals surface area contributed by atoms with Crippen LogP contribution in [0.25, 0.3) is 22.1 Å². The van der Waals surface area contributed by atoms with E-state index in [1.807, 2.05) is 0 Å². The summed E-state index contributed by atoms with van der Waals surface area (Å²) in [6.07, 6.45) is 0. The molecule has 0 bridgehead atoms. The Bertz CT molecular complexity index is 715. The molecule has 0 unspecified atom stereocenters. The van der Waals surface area contributed by atoms with Crippen LogP contribution in [0.15, 0.2) is 12.1 Å². The van der Waals surface area contributed by atoms with Gasteiger partial charge < -0.3 is 4.98 Å². The second-order valence-electron chi connectivity index (χ2n) is 4.11. The van der Waals surface area contributed by atoms with Crippen molar-refractivity contribution in [2.45, 2.75) is 13.8 Å². The van der Waals surface area contributed by atoms with Crippen LogP contribution in [-0.4, -0.2) is 20.2 Å². The number of H-pyrrole nitrogens is 1. The summed E-state index contributed by atoms with van der Waals surface area (Å²) < 4.78 is 0. The molecule has 6 heteroatoms. The minimum Gasteiger partial charge on any atom is -0.337 e. The predicted octanol–water partition coefficient (Wildman–Crippen LogP) is 1.41.